The molecular weight excluding hydrogens is 322 g/mol. The van der Waals surface area contributed by atoms with Crippen LogP contribution in [-0.2, 0) is 20.6 Å². The summed E-state index contributed by atoms with van der Waals surface area (Å²) in [5.74, 6) is -0.537. The normalized spacial score (nSPS) is 18.1. The Labute approximate surface area is 133 Å². The maximum atomic E-state index is 12.4. The zero-order valence-electron chi connectivity index (χ0n) is 11.7. The smallest absolute Gasteiger partial charge is 0.241 e. The maximum absolute atomic E-state index is 12.4. The Bertz CT molecular complexity index is 741. The van der Waals surface area contributed by atoms with Crippen LogP contribution in [0.5, 0.6) is 5.06 Å². The van der Waals surface area contributed by atoms with E-state index in [2.05, 4.69) is 0 Å². The second-order valence-electron chi connectivity index (χ2n) is 5.03. The minimum Gasteiger partial charge on any atom is -0.482 e. The molecule has 0 unspecified atom stereocenters. The maximum Gasteiger partial charge on any atom is 0.241 e. The molecule has 0 bridgehead atoms. The second-order valence-corrected chi connectivity index (χ2v) is 7.79. The van der Waals surface area contributed by atoms with Gasteiger partial charge >= 0.3 is 0 Å². The largest absolute Gasteiger partial charge is 0.482 e. The van der Waals surface area contributed by atoms with Crippen molar-refractivity contribution in [3.8, 4) is 5.06 Å². The van der Waals surface area contributed by atoms with Gasteiger partial charge in [0.25, 0.3) is 0 Å². The third kappa shape index (κ3) is 3.15. The van der Waals surface area contributed by atoms with Crippen molar-refractivity contribution in [2.75, 3.05) is 6.61 Å². The number of hydrogen-bond donors (Lipinski definition) is 0. The molecule has 0 aliphatic carbocycles. The van der Waals surface area contributed by atoms with Gasteiger partial charge in [0.05, 0.1) is 18.2 Å². The summed E-state index contributed by atoms with van der Waals surface area (Å²) in [4.78, 5) is 11.7. The number of amides is 1. The van der Waals surface area contributed by atoms with Crippen molar-refractivity contribution in [2.45, 2.75) is 18.2 Å². The standard InChI is InChI=1S/C15H15NO4S2/c17-14-9-13(10-20-15-7-4-8-21-15)16(14)22(18,19)11-12-5-2-1-3-6-12/h1-8,13H,9-11H2/t13-/m0/s1. The second kappa shape index (κ2) is 6.10. The number of ether oxygens (including phenoxy) is 1. The summed E-state index contributed by atoms with van der Waals surface area (Å²) >= 11 is 1.44. The van der Waals surface area contributed by atoms with Crippen LogP contribution in [0.3, 0.4) is 0 Å². The third-order valence-corrected chi connectivity index (χ3v) is 5.97. The van der Waals surface area contributed by atoms with Gasteiger partial charge in [0.2, 0.25) is 15.9 Å². The van der Waals surface area contributed by atoms with Crippen LogP contribution in [-0.4, -0.2) is 31.3 Å². The van der Waals surface area contributed by atoms with Gasteiger partial charge in [-0.05, 0) is 23.1 Å². The average molecular weight is 337 g/mol. The summed E-state index contributed by atoms with van der Waals surface area (Å²) in [5.41, 5.74) is 0.667. The van der Waals surface area contributed by atoms with Crippen LogP contribution < -0.4 is 4.74 Å². The van der Waals surface area contributed by atoms with Crippen molar-refractivity contribution < 1.29 is 17.9 Å². The lowest BCUT2D eigenvalue weighted by atomic mass is 10.1. The molecule has 0 spiro atoms. The van der Waals surface area contributed by atoms with Gasteiger partial charge in [0.15, 0.2) is 5.06 Å². The molecular formula is C15H15NO4S2. The zero-order chi connectivity index (χ0) is 15.6. The van der Waals surface area contributed by atoms with E-state index in [1.807, 2.05) is 23.6 Å². The first-order chi connectivity index (χ1) is 10.6. The van der Waals surface area contributed by atoms with Crippen LogP contribution >= 0.6 is 11.3 Å². The van der Waals surface area contributed by atoms with Gasteiger partial charge in [0.1, 0.15) is 6.61 Å². The molecule has 0 N–H and O–H groups in total. The lowest BCUT2D eigenvalue weighted by Crippen LogP contribution is -2.58. The van der Waals surface area contributed by atoms with Gasteiger partial charge in [-0.1, -0.05) is 30.3 Å². The summed E-state index contributed by atoms with van der Waals surface area (Å²) in [6, 6.07) is 12.1. The highest BCUT2D eigenvalue weighted by molar-refractivity contribution is 7.89. The molecule has 1 aliphatic heterocycles. The molecule has 1 fully saturated rings. The minimum atomic E-state index is -3.66. The van der Waals surface area contributed by atoms with E-state index in [9.17, 15) is 13.2 Å². The van der Waals surface area contributed by atoms with Crippen LogP contribution in [0.2, 0.25) is 0 Å². The fourth-order valence-electron chi connectivity index (χ4n) is 2.35. The number of carbonyl (C=O) groups is 1. The molecule has 1 saturated heterocycles. The number of hydrogen-bond acceptors (Lipinski definition) is 5. The Kier molecular flexibility index (Phi) is 4.17. The SMILES string of the molecule is O=C1C[C@@H](COc2cccs2)N1S(=O)(=O)Cc1ccccc1. The van der Waals surface area contributed by atoms with E-state index >= 15 is 0 Å². The summed E-state index contributed by atoms with van der Waals surface area (Å²) in [7, 11) is -3.66. The highest BCUT2D eigenvalue weighted by Crippen LogP contribution is 2.27. The molecule has 1 aromatic heterocycles. The Morgan fingerprint density at radius 2 is 1.95 bits per heavy atom. The fraction of sp³-hybridized carbons (Fsp3) is 0.267. The van der Waals surface area contributed by atoms with Crippen LogP contribution in [0.1, 0.15) is 12.0 Å². The lowest BCUT2D eigenvalue weighted by molar-refractivity contribution is -0.138. The van der Waals surface area contributed by atoms with Crippen molar-refractivity contribution in [3.05, 3.63) is 53.4 Å². The number of benzene rings is 1. The van der Waals surface area contributed by atoms with Crippen LogP contribution in [0.4, 0.5) is 0 Å². The van der Waals surface area contributed by atoms with Crippen LogP contribution in [0, 0.1) is 0 Å². The van der Waals surface area contributed by atoms with Gasteiger partial charge in [-0.15, -0.1) is 11.3 Å². The van der Waals surface area contributed by atoms with E-state index in [1.54, 1.807) is 24.3 Å². The van der Waals surface area contributed by atoms with Gasteiger partial charge in [-0.3, -0.25) is 4.79 Å². The van der Waals surface area contributed by atoms with Crippen LogP contribution in [0.15, 0.2) is 47.8 Å². The first-order valence-electron chi connectivity index (χ1n) is 6.81. The quantitative estimate of drug-likeness (QED) is 0.759. The predicted molar refractivity (Wildman–Crippen MR) is 84.1 cm³/mol. The molecule has 2 aromatic rings. The highest BCUT2D eigenvalue weighted by atomic mass is 32.2. The molecule has 2 heterocycles. The van der Waals surface area contributed by atoms with Gasteiger partial charge < -0.3 is 4.74 Å². The molecule has 116 valence electrons. The third-order valence-electron chi connectivity index (χ3n) is 3.39. The molecule has 0 saturated carbocycles. The number of nitrogens with zero attached hydrogens (tertiary/aromatic N) is 1. The molecule has 22 heavy (non-hydrogen) atoms. The average Bonchev–Trinajstić information content (AvgIpc) is 2.96. The first-order valence-corrected chi connectivity index (χ1v) is 9.30. The monoisotopic (exact) mass is 337 g/mol. The Hall–Kier alpha value is -1.86. The van der Waals surface area contributed by atoms with E-state index in [-0.39, 0.29) is 24.7 Å². The summed E-state index contributed by atoms with van der Waals surface area (Å²) < 4.78 is 31.3. The predicted octanol–water partition coefficient (Wildman–Crippen LogP) is 2.26. The van der Waals surface area contributed by atoms with E-state index in [0.717, 1.165) is 9.37 Å². The number of carbonyl (C=O) groups excluding carboxylic acids is 1. The van der Waals surface area contributed by atoms with Crippen molar-refractivity contribution in [2.24, 2.45) is 0 Å². The molecule has 1 atom stereocenters. The molecule has 1 aliphatic rings. The van der Waals surface area contributed by atoms with Crippen molar-refractivity contribution in [1.82, 2.24) is 4.31 Å². The molecule has 0 radical (unpaired) electrons. The Balaban J connectivity index is 1.67. The fourth-order valence-corrected chi connectivity index (χ4v) is 4.66. The van der Waals surface area contributed by atoms with E-state index in [4.69, 9.17) is 4.74 Å². The highest BCUT2D eigenvalue weighted by Gasteiger charge is 2.44. The van der Waals surface area contributed by atoms with Gasteiger partial charge in [-0.2, -0.15) is 0 Å². The van der Waals surface area contributed by atoms with Gasteiger partial charge in [0, 0.05) is 0 Å². The Morgan fingerprint density at radius 3 is 2.59 bits per heavy atom. The molecule has 1 amide bonds. The lowest BCUT2D eigenvalue weighted by Gasteiger charge is -2.38. The minimum absolute atomic E-state index is 0.172. The van der Waals surface area contributed by atoms with Crippen molar-refractivity contribution >= 4 is 27.3 Å². The number of sulfonamides is 1. The van der Waals surface area contributed by atoms with E-state index in [1.165, 1.54) is 11.3 Å². The van der Waals surface area contributed by atoms with Gasteiger partial charge in [-0.25, -0.2) is 12.7 Å². The number of β-lactam (4-membered cyclic amide) rings is 1. The molecule has 1 aromatic carbocycles. The molecule has 3 rings (SSSR count). The van der Waals surface area contributed by atoms with E-state index < -0.39 is 16.1 Å². The molecule has 5 nitrogen and oxygen atoms in total. The van der Waals surface area contributed by atoms with Crippen molar-refractivity contribution in [1.29, 1.82) is 0 Å². The number of rotatable bonds is 6. The molecule has 7 heteroatoms. The Morgan fingerprint density at radius 1 is 1.18 bits per heavy atom. The summed E-state index contributed by atoms with van der Waals surface area (Å²) in [6.45, 7) is 0.195. The topological polar surface area (TPSA) is 63.7 Å². The zero-order valence-corrected chi connectivity index (χ0v) is 13.3. The number of thiophene rings is 1. The summed E-state index contributed by atoms with van der Waals surface area (Å²) in [6.07, 6.45) is 0.208. The van der Waals surface area contributed by atoms with Crippen LogP contribution in [0.25, 0.3) is 0 Å². The van der Waals surface area contributed by atoms with Crippen molar-refractivity contribution in [3.63, 3.8) is 0 Å². The van der Waals surface area contributed by atoms with E-state index in [0.29, 0.717) is 5.56 Å². The first kappa shape index (κ1) is 15.1. The summed E-state index contributed by atoms with van der Waals surface area (Å²) in [5, 5.41) is 2.60.